The van der Waals surface area contributed by atoms with Crippen molar-refractivity contribution in [3.8, 4) is 0 Å². The van der Waals surface area contributed by atoms with Crippen molar-refractivity contribution in [1.29, 1.82) is 0 Å². The molecule has 2 aliphatic rings. The Balaban J connectivity index is 0.000000483. The lowest BCUT2D eigenvalue weighted by atomic mass is 9.78. The molecule has 0 spiro atoms. The highest BCUT2D eigenvalue weighted by Gasteiger charge is 2.38. The Labute approximate surface area is 160 Å². The minimum absolute atomic E-state index is 0.842. The monoisotopic (exact) mass is 348 g/mol. The van der Waals surface area contributed by atoms with Gasteiger partial charge >= 0.3 is 0 Å². The lowest BCUT2D eigenvalue weighted by molar-refractivity contribution is 0.257. The molecule has 2 saturated carbocycles. The predicted molar refractivity (Wildman–Crippen MR) is 117 cm³/mol. The molecule has 0 bridgehead atoms. The van der Waals surface area contributed by atoms with Crippen LogP contribution < -0.4 is 0 Å². The molecule has 0 heterocycles. The standard InChI is InChI=1S/C15H28.C8H16.C2H4/c1-4-5-6-7-14-8-10-15(11-9-14)12-13(2)3;1-3-5-8(4-2)6-7-8;1-2/h14-15H,2,4-12H2,1,3H3;3-7H2,1-2H3;1-2H2. The van der Waals surface area contributed by atoms with Crippen molar-refractivity contribution in [3.63, 3.8) is 0 Å². The molecule has 25 heavy (non-hydrogen) atoms. The van der Waals surface area contributed by atoms with Gasteiger partial charge in [0.05, 0.1) is 0 Å². The molecule has 0 radical (unpaired) electrons. The number of hydrogen-bond donors (Lipinski definition) is 0. The van der Waals surface area contributed by atoms with Gasteiger partial charge in [0.15, 0.2) is 0 Å². The largest absolute Gasteiger partial charge is 0.106 e. The van der Waals surface area contributed by atoms with Crippen LogP contribution in [0.4, 0.5) is 0 Å². The predicted octanol–water partition coefficient (Wildman–Crippen LogP) is 9.12. The molecule has 0 aliphatic heterocycles. The fourth-order valence-corrected chi connectivity index (χ4v) is 4.39. The minimum atomic E-state index is 0.842. The third-order valence-electron chi connectivity index (χ3n) is 6.31. The highest BCUT2D eigenvalue weighted by molar-refractivity contribution is 4.92. The van der Waals surface area contributed by atoms with Crippen LogP contribution in [0.3, 0.4) is 0 Å². The first-order chi connectivity index (χ1) is 12.0. The smallest absolute Gasteiger partial charge is 0.0297 e. The average Bonchev–Trinajstić information content (AvgIpc) is 3.39. The molecular formula is C25H48. The molecule has 148 valence electrons. The lowest BCUT2D eigenvalue weighted by Crippen LogP contribution is -2.14. The molecule has 0 unspecified atom stereocenters. The SMILES string of the molecule is C=C.C=C(C)CC1CCC(CCCCC)CC1.CCCC1(CC)CC1. The average molecular weight is 349 g/mol. The van der Waals surface area contributed by atoms with E-state index in [1.54, 1.807) is 0 Å². The van der Waals surface area contributed by atoms with E-state index >= 15 is 0 Å². The van der Waals surface area contributed by atoms with E-state index < -0.39 is 0 Å². The summed E-state index contributed by atoms with van der Waals surface area (Å²) in [6, 6.07) is 0. The van der Waals surface area contributed by atoms with Gasteiger partial charge in [0.2, 0.25) is 0 Å². The van der Waals surface area contributed by atoms with Crippen LogP contribution in [0, 0.1) is 17.3 Å². The summed E-state index contributed by atoms with van der Waals surface area (Å²) in [4.78, 5) is 0. The van der Waals surface area contributed by atoms with Crippen LogP contribution in [0.1, 0.15) is 118 Å². The third kappa shape index (κ3) is 11.7. The van der Waals surface area contributed by atoms with Gasteiger partial charge in [-0.1, -0.05) is 77.7 Å². The van der Waals surface area contributed by atoms with E-state index in [0.717, 1.165) is 17.3 Å². The molecule has 0 saturated heterocycles. The van der Waals surface area contributed by atoms with Crippen molar-refractivity contribution in [2.75, 3.05) is 0 Å². The Morgan fingerprint density at radius 3 is 1.80 bits per heavy atom. The van der Waals surface area contributed by atoms with E-state index in [2.05, 4.69) is 47.4 Å². The molecule has 0 heteroatoms. The normalized spacial score (nSPS) is 23.5. The maximum absolute atomic E-state index is 4.03. The van der Waals surface area contributed by atoms with Gasteiger partial charge in [0, 0.05) is 0 Å². The van der Waals surface area contributed by atoms with Crippen molar-refractivity contribution in [3.05, 3.63) is 25.3 Å². The van der Waals surface area contributed by atoms with Gasteiger partial charge in [0.1, 0.15) is 0 Å². The van der Waals surface area contributed by atoms with Gasteiger partial charge in [0.25, 0.3) is 0 Å². The fourth-order valence-electron chi connectivity index (χ4n) is 4.39. The van der Waals surface area contributed by atoms with Crippen LogP contribution in [0.25, 0.3) is 0 Å². The van der Waals surface area contributed by atoms with Gasteiger partial charge in [-0.15, -0.1) is 19.7 Å². The third-order valence-corrected chi connectivity index (χ3v) is 6.31. The number of unbranched alkanes of at least 4 members (excludes halogenated alkanes) is 2. The quantitative estimate of drug-likeness (QED) is 0.288. The van der Waals surface area contributed by atoms with E-state index in [4.69, 9.17) is 0 Å². The molecule has 2 rings (SSSR count). The molecular weight excluding hydrogens is 300 g/mol. The summed E-state index contributed by atoms with van der Waals surface area (Å²) in [5.74, 6) is 2.02. The number of hydrogen-bond acceptors (Lipinski definition) is 0. The maximum Gasteiger partial charge on any atom is -0.0297 e. The second-order valence-electron chi connectivity index (χ2n) is 8.65. The summed E-state index contributed by atoms with van der Waals surface area (Å²) in [7, 11) is 0. The topological polar surface area (TPSA) is 0 Å². The first-order valence-electron chi connectivity index (χ1n) is 11.2. The van der Waals surface area contributed by atoms with Crippen molar-refractivity contribution in [2.45, 2.75) is 118 Å². The summed E-state index contributed by atoms with van der Waals surface area (Å²) in [6.07, 6.45) is 20.2. The molecule has 2 aliphatic carbocycles. The Bertz CT molecular complexity index is 315. The molecule has 0 nitrogen and oxygen atoms in total. The Hall–Kier alpha value is -0.520. The van der Waals surface area contributed by atoms with Gasteiger partial charge in [-0.05, 0) is 62.7 Å². The first kappa shape index (κ1) is 24.5. The molecule has 0 amide bonds. The van der Waals surface area contributed by atoms with Crippen molar-refractivity contribution in [2.24, 2.45) is 17.3 Å². The van der Waals surface area contributed by atoms with Crippen LogP contribution in [-0.4, -0.2) is 0 Å². The maximum atomic E-state index is 4.03. The van der Waals surface area contributed by atoms with Gasteiger partial charge < -0.3 is 0 Å². The Morgan fingerprint density at radius 1 is 0.880 bits per heavy atom. The van der Waals surface area contributed by atoms with Crippen molar-refractivity contribution in [1.82, 2.24) is 0 Å². The highest BCUT2D eigenvalue weighted by atomic mass is 14.4. The molecule has 0 aromatic carbocycles. The van der Waals surface area contributed by atoms with Crippen LogP contribution in [0.2, 0.25) is 0 Å². The second kappa shape index (κ2) is 14.6. The zero-order valence-corrected chi connectivity index (χ0v) is 18.2. The summed E-state index contributed by atoms with van der Waals surface area (Å²) >= 11 is 0. The van der Waals surface area contributed by atoms with Crippen LogP contribution in [0.15, 0.2) is 25.3 Å². The molecule has 2 fully saturated rings. The van der Waals surface area contributed by atoms with Gasteiger partial charge in [-0.3, -0.25) is 0 Å². The van der Waals surface area contributed by atoms with E-state index in [1.165, 1.54) is 95.5 Å². The van der Waals surface area contributed by atoms with Crippen LogP contribution >= 0.6 is 0 Å². The minimum Gasteiger partial charge on any atom is -0.106 e. The number of rotatable bonds is 9. The Morgan fingerprint density at radius 2 is 1.44 bits per heavy atom. The van der Waals surface area contributed by atoms with Gasteiger partial charge in [-0.25, -0.2) is 0 Å². The van der Waals surface area contributed by atoms with Gasteiger partial charge in [-0.2, -0.15) is 0 Å². The highest BCUT2D eigenvalue weighted by Crippen LogP contribution is 2.52. The fraction of sp³-hybridized carbons (Fsp3) is 0.840. The molecule has 0 aromatic heterocycles. The van der Waals surface area contributed by atoms with E-state index in [1.807, 2.05) is 0 Å². The van der Waals surface area contributed by atoms with Crippen molar-refractivity contribution < 1.29 is 0 Å². The van der Waals surface area contributed by atoms with E-state index in [0.29, 0.717) is 0 Å². The number of allylic oxidation sites excluding steroid dienone is 1. The second-order valence-corrected chi connectivity index (χ2v) is 8.65. The summed E-state index contributed by atoms with van der Waals surface area (Å²) < 4.78 is 0. The summed E-state index contributed by atoms with van der Waals surface area (Å²) in [6.45, 7) is 19.1. The zero-order chi connectivity index (χ0) is 19.1. The first-order valence-corrected chi connectivity index (χ1v) is 11.2. The van der Waals surface area contributed by atoms with E-state index in [9.17, 15) is 0 Å². The molecule has 0 atom stereocenters. The molecule has 0 N–H and O–H groups in total. The van der Waals surface area contributed by atoms with Crippen molar-refractivity contribution >= 4 is 0 Å². The van der Waals surface area contributed by atoms with E-state index in [-0.39, 0.29) is 0 Å². The lowest BCUT2D eigenvalue weighted by Gasteiger charge is -2.28. The molecule has 0 aromatic rings. The van der Waals surface area contributed by atoms with Crippen LogP contribution in [0.5, 0.6) is 0 Å². The summed E-state index contributed by atoms with van der Waals surface area (Å²) in [5.41, 5.74) is 2.22. The Kier molecular flexibility index (Phi) is 14.3. The van der Waals surface area contributed by atoms with Crippen LogP contribution in [-0.2, 0) is 0 Å². The summed E-state index contributed by atoms with van der Waals surface area (Å²) in [5, 5.41) is 0. The zero-order valence-electron chi connectivity index (χ0n) is 18.2.